The van der Waals surface area contributed by atoms with Gasteiger partial charge < -0.3 is 25.6 Å². The number of anilines is 1. The molecule has 6 rings (SSSR count). The number of piperidine rings is 1. The van der Waals surface area contributed by atoms with Crippen LogP contribution in [0.2, 0.25) is 0 Å². The van der Waals surface area contributed by atoms with Gasteiger partial charge >= 0.3 is 6.03 Å². The maximum Gasteiger partial charge on any atom is 0.320 e. The van der Waals surface area contributed by atoms with Crippen LogP contribution in [0.4, 0.5) is 16.4 Å². The zero-order chi connectivity index (χ0) is 35.3. The van der Waals surface area contributed by atoms with E-state index in [1.165, 1.54) is 12.0 Å². The molecule has 2 aliphatic rings. The minimum absolute atomic E-state index is 0.161. The molecule has 4 aromatic rings. The molecule has 2 atom stereocenters. The van der Waals surface area contributed by atoms with Crippen LogP contribution in [0.25, 0.3) is 5.65 Å². The van der Waals surface area contributed by atoms with Crippen LogP contribution in [0.15, 0.2) is 83.6 Å². The summed E-state index contributed by atoms with van der Waals surface area (Å²) < 4.78 is 8.66. The highest BCUT2D eigenvalue weighted by Crippen LogP contribution is 2.39. The Morgan fingerprint density at radius 2 is 1.76 bits per heavy atom. The van der Waals surface area contributed by atoms with E-state index in [0.717, 1.165) is 79.6 Å². The van der Waals surface area contributed by atoms with Crippen LogP contribution in [-0.2, 0) is 6.54 Å². The summed E-state index contributed by atoms with van der Waals surface area (Å²) in [5.74, 6) is 2.00. The van der Waals surface area contributed by atoms with E-state index in [-0.39, 0.29) is 23.6 Å². The van der Waals surface area contributed by atoms with Gasteiger partial charge in [-0.3, -0.25) is 9.72 Å². The lowest BCUT2D eigenvalue weighted by molar-refractivity contribution is 0.171. The van der Waals surface area contributed by atoms with E-state index < -0.39 is 0 Å². The summed E-state index contributed by atoms with van der Waals surface area (Å²) in [4.78, 5) is 22.9. The lowest BCUT2D eigenvalue weighted by atomic mass is 9.85. The summed E-state index contributed by atoms with van der Waals surface area (Å²) in [7, 11) is 2.09. The molecule has 1 fully saturated rings. The third kappa shape index (κ3) is 8.45. The van der Waals surface area contributed by atoms with Gasteiger partial charge in [-0.1, -0.05) is 64.1 Å². The second-order valence-electron chi connectivity index (χ2n) is 14.4. The molecule has 0 radical (unpaired) electrons. The number of nitrogens with two attached hydrogens (primary N) is 1. The van der Waals surface area contributed by atoms with E-state index in [2.05, 4.69) is 68.9 Å². The van der Waals surface area contributed by atoms with Crippen molar-refractivity contribution in [3.63, 3.8) is 0 Å². The number of aliphatic imine (C=N–C) groups is 1. The van der Waals surface area contributed by atoms with Crippen LogP contribution in [0.3, 0.4) is 0 Å². The fourth-order valence-electron chi connectivity index (χ4n) is 6.43. The first-order valence-corrected chi connectivity index (χ1v) is 17.8. The molecule has 2 aromatic carbocycles. The first-order valence-electron chi connectivity index (χ1n) is 17.8. The number of allylic oxidation sites excluding steroid dienone is 1. The van der Waals surface area contributed by atoms with Gasteiger partial charge in [0.15, 0.2) is 5.65 Å². The van der Waals surface area contributed by atoms with Crippen LogP contribution in [0.5, 0.6) is 5.75 Å². The average Bonchev–Trinajstić information content (AvgIpc) is 3.53. The van der Waals surface area contributed by atoms with E-state index in [1.807, 2.05) is 67.8 Å². The summed E-state index contributed by atoms with van der Waals surface area (Å²) in [5, 5.41) is 15.1. The number of carbonyl (C=O) groups is 1. The van der Waals surface area contributed by atoms with E-state index in [9.17, 15) is 4.79 Å². The summed E-state index contributed by atoms with van der Waals surface area (Å²) in [5.41, 5.74) is 11.6. The molecule has 0 bridgehead atoms. The molecule has 1 aliphatic carbocycles. The number of benzene rings is 2. The fraction of sp³-hybridized carbons (Fsp3) is 0.436. The first kappa shape index (κ1) is 34.9. The van der Waals surface area contributed by atoms with E-state index in [4.69, 9.17) is 15.5 Å². The van der Waals surface area contributed by atoms with Crippen molar-refractivity contribution in [2.24, 2.45) is 16.1 Å². The molecular formula is C39H51N9O2. The number of amides is 2. The Morgan fingerprint density at radius 1 is 1.02 bits per heavy atom. The van der Waals surface area contributed by atoms with Crippen molar-refractivity contribution in [3.05, 3.63) is 95.3 Å². The highest BCUT2D eigenvalue weighted by molar-refractivity contribution is 6.05. The number of carbonyl (C=O) groups excluding carboxylic acids is 1. The Bertz CT molecular complexity index is 1830. The van der Waals surface area contributed by atoms with Gasteiger partial charge in [0.25, 0.3) is 0 Å². The molecule has 1 saturated heterocycles. The number of hydrogen-bond acceptors (Lipinski definition) is 8. The minimum atomic E-state index is -0.342. The molecule has 4 N–H and O–H groups in total. The van der Waals surface area contributed by atoms with Crippen LogP contribution >= 0.6 is 0 Å². The minimum Gasteiger partial charge on any atom is -0.484 e. The molecule has 11 nitrogen and oxygen atoms in total. The Kier molecular flexibility index (Phi) is 10.7. The molecular weight excluding hydrogens is 626 g/mol. The van der Waals surface area contributed by atoms with Crippen LogP contribution in [0.1, 0.15) is 88.6 Å². The largest absolute Gasteiger partial charge is 0.484 e. The number of fused-ring (bicyclic) bond motifs is 2. The van der Waals surface area contributed by atoms with Crippen molar-refractivity contribution in [1.29, 1.82) is 0 Å². The number of ether oxygens (including phenoxy) is 1. The number of nitrogens with one attached hydrogen (secondary N) is 2. The van der Waals surface area contributed by atoms with Crippen LogP contribution in [-0.4, -0.2) is 58.0 Å². The molecule has 3 heterocycles. The number of amidine groups is 1. The number of urea groups is 1. The fourth-order valence-corrected chi connectivity index (χ4v) is 6.43. The van der Waals surface area contributed by atoms with Crippen molar-refractivity contribution in [1.82, 2.24) is 30.1 Å². The van der Waals surface area contributed by atoms with E-state index >= 15 is 0 Å². The summed E-state index contributed by atoms with van der Waals surface area (Å²) in [6.45, 7) is 12.0. The number of aromatic nitrogens is 3. The van der Waals surface area contributed by atoms with Crippen molar-refractivity contribution >= 4 is 29.1 Å². The van der Waals surface area contributed by atoms with Crippen LogP contribution < -0.4 is 26.0 Å². The Morgan fingerprint density at radius 3 is 2.48 bits per heavy atom. The van der Waals surface area contributed by atoms with Gasteiger partial charge in [0.2, 0.25) is 5.95 Å². The van der Waals surface area contributed by atoms with E-state index in [0.29, 0.717) is 18.0 Å². The summed E-state index contributed by atoms with van der Waals surface area (Å²) >= 11 is 0. The van der Waals surface area contributed by atoms with Gasteiger partial charge in [-0.05, 0) is 86.7 Å². The number of nitrogens with zero attached hydrogens (tertiary/aromatic N) is 6. The second kappa shape index (κ2) is 15.3. The lowest BCUT2D eigenvalue weighted by Crippen LogP contribution is -2.42. The summed E-state index contributed by atoms with van der Waals surface area (Å²) in [6, 6.07) is 19.6. The Hall–Kier alpha value is -4.90. The third-order valence-corrected chi connectivity index (χ3v) is 9.59. The molecule has 11 heteroatoms. The molecule has 1 aliphatic heterocycles. The van der Waals surface area contributed by atoms with Gasteiger partial charge in [-0.15, -0.1) is 10.2 Å². The van der Waals surface area contributed by atoms with Gasteiger partial charge in [0.1, 0.15) is 17.7 Å². The quantitative estimate of drug-likeness (QED) is 0.128. The van der Waals surface area contributed by atoms with Gasteiger partial charge in [-0.25, -0.2) is 9.79 Å². The topological polar surface area (TPSA) is 125 Å². The Balaban J connectivity index is 1.17. The molecule has 2 aromatic heterocycles. The molecule has 2 amide bonds. The smallest absolute Gasteiger partial charge is 0.320 e. The zero-order valence-corrected chi connectivity index (χ0v) is 30.0. The van der Waals surface area contributed by atoms with Gasteiger partial charge in [0, 0.05) is 36.8 Å². The normalized spacial score (nSPS) is 18.6. The highest BCUT2D eigenvalue weighted by atomic mass is 16.5. The maximum atomic E-state index is 13.6. The molecule has 264 valence electrons. The average molecular weight is 678 g/mol. The molecule has 0 saturated carbocycles. The molecule has 0 spiro atoms. The third-order valence-electron chi connectivity index (χ3n) is 9.59. The summed E-state index contributed by atoms with van der Waals surface area (Å²) in [6.07, 6.45) is 8.61. The number of hydrogen-bond donors (Lipinski definition) is 3. The standard InChI is InChI=1S/C39H51N9O2/c1-6-46(5)25-27-14-16-28(17-15-27)41-35(24-34(40)39(2,3)4)43-37(49)42-32-19-20-33(31-13-9-8-12-30(31)32)50-29-18-21-36-44-45-38(48(36)26-29)47-22-10-7-11-23-47/h8-9,12-18,21,24,26,32-33H,6-7,10-11,19-20,22-23,25,40H2,1-5H3,(H2,41,42,43,49)/b34-24-/t32-,33+/m0/s1. The monoisotopic (exact) mass is 677 g/mol. The predicted octanol–water partition coefficient (Wildman–Crippen LogP) is 7.04. The van der Waals surface area contributed by atoms with E-state index in [1.54, 1.807) is 6.08 Å². The second-order valence-corrected chi connectivity index (χ2v) is 14.4. The predicted molar refractivity (Wildman–Crippen MR) is 200 cm³/mol. The van der Waals surface area contributed by atoms with Crippen molar-refractivity contribution in [3.8, 4) is 5.75 Å². The van der Waals surface area contributed by atoms with Crippen molar-refractivity contribution in [2.45, 2.75) is 78.5 Å². The van der Waals surface area contributed by atoms with Gasteiger partial charge in [0.05, 0.1) is 17.9 Å². The zero-order valence-electron chi connectivity index (χ0n) is 30.0. The number of rotatable bonds is 9. The van der Waals surface area contributed by atoms with Crippen molar-refractivity contribution < 1.29 is 9.53 Å². The first-order chi connectivity index (χ1) is 24.1. The van der Waals surface area contributed by atoms with Gasteiger partial charge in [-0.2, -0.15) is 0 Å². The maximum absolute atomic E-state index is 13.6. The van der Waals surface area contributed by atoms with Crippen LogP contribution in [0, 0.1) is 5.41 Å². The number of pyridine rings is 1. The molecule has 50 heavy (non-hydrogen) atoms. The highest BCUT2D eigenvalue weighted by Gasteiger charge is 2.30. The molecule has 0 unspecified atom stereocenters. The SMILES string of the molecule is CCN(C)Cc1ccc(N=C(/C=C(\N)C(C)(C)C)NC(=O)N[C@H]2CC[C@@H](Oc3ccc4nnc(N5CCCCC5)n4c3)c3ccccc32)cc1. The lowest BCUT2D eigenvalue weighted by Gasteiger charge is -2.32. The Labute approximate surface area is 295 Å². The van der Waals surface area contributed by atoms with Crippen molar-refractivity contribution in [2.75, 3.05) is 31.6 Å².